The Bertz CT molecular complexity index is 307. The van der Waals surface area contributed by atoms with Crippen LogP contribution in [0.1, 0.15) is 25.7 Å². The van der Waals surface area contributed by atoms with Crippen molar-refractivity contribution in [2.24, 2.45) is 11.7 Å². The molecule has 3 N–H and O–H groups in total. The van der Waals surface area contributed by atoms with E-state index >= 15 is 0 Å². The van der Waals surface area contributed by atoms with Crippen LogP contribution in [0.25, 0.3) is 0 Å². The van der Waals surface area contributed by atoms with Crippen LogP contribution in [0.5, 0.6) is 0 Å². The minimum atomic E-state index is 0.801. The van der Waals surface area contributed by atoms with Crippen LogP contribution in [-0.2, 0) is 0 Å². The van der Waals surface area contributed by atoms with E-state index in [2.05, 4.69) is 18.5 Å². The van der Waals surface area contributed by atoms with Crippen molar-refractivity contribution in [1.82, 2.24) is 5.32 Å². The molecule has 2 nitrogen and oxygen atoms in total. The third-order valence-electron chi connectivity index (χ3n) is 3.13. The summed E-state index contributed by atoms with van der Waals surface area (Å²) in [5.74, 6) is 0.801. The van der Waals surface area contributed by atoms with E-state index in [9.17, 15) is 0 Å². The number of nitrogens with one attached hydrogen (secondary N) is 1. The zero-order chi connectivity index (χ0) is 12.5. The summed E-state index contributed by atoms with van der Waals surface area (Å²) in [5, 5.41) is 3.39. The van der Waals surface area contributed by atoms with Crippen molar-refractivity contribution in [3.8, 4) is 0 Å². The number of allylic oxidation sites excluding steroid dienone is 5. The van der Waals surface area contributed by atoms with Gasteiger partial charge in [-0.15, -0.1) is 0 Å². The highest BCUT2D eigenvalue weighted by atomic mass is 14.9. The van der Waals surface area contributed by atoms with Crippen molar-refractivity contribution < 1.29 is 0 Å². The monoisotopic (exact) mass is 232 g/mol. The lowest BCUT2D eigenvalue weighted by molar-refractivity contribution is 0.370. The fourth-order valence-electron chi connectivity index (χ4n) is 2.30. The summed E-state index contributed by atoms with van der Waals surface area (Å²) in [5.41, 5.74) is 7.90. The van der Waals surface area contributed by atoms with E-state index in [4.69, 9.17) is 5.73 Å². The molecular weight excluding hydrogens is 208 g/mol. The molecule has 1 aliphatic rings. The number of hydrogen-bond donors (Lipinski definition) is 2. The topological polar surface area (TPSA) is 38.0 Å². The molecule has 0 unspecified atom stereocenters. The van der Waals surface area contributed by atoms with Crippen LogP contribution in [0.2, 0.25) is 0 Å². The summed E-state index contributed by atoms with van der Waals surface area (Å²) in [7, 11) is 0. The van der Waals surface area contributed by atoms with E-state index in [1.165, 1.54) is 24.0 Å². The Balaban J connectivity index is 2.41. The van der Waals surface area contributed by atoms with E-state index in [-0.39, 0.29) is 0 Å². The van der Waals surface area contributed by atoms with Gasteiger partial charge in [0.1, 0.15) is 0 Å². The van der Waals surface area contributed by atoms with Crippen LogP contribution in [0, 0.1) is 5.92 Å². The summed E-state index contributed by atoms with van der Waals surface area (Å²) in [6, 6.07) is 0. The predicted octanol–water partition coefficient (Wildman–Crippen LogP) is 2.91. The largest absolute Gasteiger partial charge is 0.405 e. The Morgan fingerprint density at radius 1 is 1.35 bits per heavy atom. The van der Waals surface area contributed by atoms with Gasteiger partial charge >= 0.3 is 0 Å². The highest BCUT2D eigenvalue weighted by Gasteiger charge is 2.13. The minimum Gasteiger partial charge on any atom is -0.405 e. The third kappa shape index (κ3) is 5.55. The van der Waals surface area contributed by atoms with Gasteiger partial charge in [0.2, 0.25) is 0 Å². The predicted molar refractivity (Wildman–Crippen MR) is 75.6 cm³/mol. The van der Waals surface area contributed by atoms with E-state index in [1.807, 2.05) is 12.2 Å². The quantitative estimate of drug-likeness (QED) is 0.546. The molecule has 1 heterocycles. The maximum absolute atomic E-state index is 5.43. The second kappa shape index (κ2) is 7.91. The highest BCUT2D eigenvalue weighted by molar-refractivity contribution is 5.27. The summed E-state index contributed by atoms with van der Waals surface area (Å²) in [4.78, 5) is 0. The average Bonchev–Trinajstić information content (AvgIpc) is 2.30. The van der Waals surface area contributed by atoms with Crippen LogP contribution in [0.4, 0.5) is 0 Å². The molecule has 0 aliphatic carbocycles. The molecule has 0 aromatic heterocycles. The lowest BCUT2D eigenvalue weighted by Crippen LogP contribution is -2.27. The fourth-order valence-corrected chi connectivity index (χ4v) is 2.30. The van der Waals surface area contributed by atoms with Gasteiger partial charge in [-0.05, 0) is 62.5 Å². The van der Waals surface area contributed by atoms with Gasteiger partial charge in [-0.1, -0.05) is 30.9 Å². The van der Waals surface area contributed by atoms with E-state index in [1.54, 1.807) is 12.3 Å². The lowest BCUT2D eigenvalue weighted by atomic mass is 9.89. The Kier molecular flexibility index (Phi) is 6.41. The van der Waals surface area contributed by atoms with Gasteiger partial charge in [-0.2, -0.15) is 0 Å². The molecule has 0 saturated carbocycles. The van der Waals surface area contributed by atoms with Gasteiger partial charge in [0.15, 0.2) is 0 Å². The first-order valence-corrected chi connectivity index (χ1v) is 6.33. The van der Waals surface area contributed by atoms with E-state index < -0.39 is 0 Å². The molecule has 0 aromatic carbocycles. The van der Waals surface area contributed by atoms with Crippen molar-refractivity contribution in [2.75, 3.05) is 13.1 Å². The second-order valence-corrected chi connectivity index (χ2v) is 4.66. The number of piperidine rings is 1. The molecule has 0 spiro atoms. The van der Waals surface area contributed by atoms with Crippen molar-refractivity contribution >= 4 is 0 Å². The molecule has 2 heteroatoms. The smallest absolute Gasteiger partial charge is 0.00462 e. The Morgan fingerprint density at radius 3 is 2.65 bits per heavy atom. The Labute approximate surface area is 105 Å². The van der Waals surface area contributed by atoms with Crippen molar-refractivity contribution in [1.29, 1.82) is 0 Å². The molecule has 0 radical (unpaired) electrons. The Morgan fingerprint density at radius 2 is 2.06 bits per heavy atom. The second-order valence-electron chi connectivity index (χ2n) is 4.66. The van der Waals surface area contributed by atoms with Gasteiger partial charge in [0, 0.05) is 0 Å². The highest BCUT2D eigenvalue weighted by Crippen LogP contribution is 2.24. The van der Waals surface area contributed by atoms with Gasteiger partial charge < -0.3 is 11.1 Å². The minimum absolute atomic E-state index is 0.801. The van der Waals surface area contributed by atoms with Crippen molar-refractivity contribution in [2.45, 2.75) is 25.7 Å². The summed E-state index contributed by atoms with van der Waals surface area (Å²) in [6.07, 6.45) is 11.9. The molecule has 0 amide bonds. The third-order valence-corrected chi connectivity index (χ3v) is 3.13. The normalized spacial score (nSPS) is 18.5. The zero-order valence-corrected chi connectivity index (χ0v) is 10.6. The van der Waals surface area contributed by atoms with Gasteiger partial charge in [-0.25, -0.2) is 0 Å². The van der Waals surface area contributed by atoms with Crippen molar-refractivity contribution in [3.05, 3.63) is 48.7 Å². The number of rotatable bonds is 6. The summed E-state index contributed by atoms with van der Waals surface area (Å²) in [6.45, 7) is 10.2. The number of nitrogens with two attached hydrogens (primary N) is 1. The first-order chi connectivity index (χ1) is 8.26. The average molecular weight is 232 g/mol. The van der Waals surface area contributed by atoms with Crippen LogP contribution in [0.3, 0.4) is 0 Å². The molecular formula is C15H24N2. The van der Waals surface area contributed by atoms with Crippen LogP contribution >= 0.6 is 0 Å². The molecule has 17 heavy (non-hydrogen) atoms. The molecule has 1 aliphatic heterocycles. The van der Waals surface area contributed by atoms with Gasteiger partial charge in [0.05, 0.1) is 0 Å². The maximum Gasteiger partial charge on any atom is -0.00462 e. The maximum atomic E-state index is 5.43. The van der Waals surface area contributed by atoms with Crippen LogP contribution in [0.15, 0.2) is 48.7 Å². The molecule has 1 fully saturated rings. The fraction of sp³-hybridized carbons (Fsp3) is 0.467. The first-order valence-electron chi connectivity index (χ1n) is 6.33. The molecule has 0 atom stereocenters. The molecule has 0 bridgehead atoms. The molecule has 1 rings (SSSR count). The zero-order valence-electron chi connectivity index (χ0n) is 10.6. The lowest BCUT2D eigenvalue weighted by Gasteiger charge is -2.23. The summed E-state index contributed by atoms with van der Waals surface area (Å²) >= 11 is 0. The summed E-state index contributed by atoms with van der Waals surface area (Å²) < 4.78 is 0. The molecule has 0 aromatic rings. The standard InChI is InChI=1S/C15H24N2/c1-3-4-14(5-8-16)11-13(2)12-15-6-9-17-10-7-15/h3-5,8,15,17H,1-2,6-7,9-12,16H2/b8-5-,14-4+. The van der Waals surface area contributed by atoms with E-state index in [0.717, 1.165) is 31.8 Å². The van der Waals surface area contributed by atoms with Crippen LogP contribution in [-0.4, -0.2) is 13.1 Å². The SMILES string of the molecule is C=C/C=C(\C=C/N)CC(=C)CC1CCNCC1. The van der Waals surface area contributed by atoms with Gasteiger partial charge in [0.25, 0.3) is 0 Å². The number of hydrogen-bond acceptors (Lipinski definition) is 2. The Hall–Kier alpha value is -1.28. The van der Waals surface area contributed by atoms with Crippen molar-refractivity contribution in [3.63, 3.8) is 0 Å². The van der Waals surface area contributed by atoms with E-state index in [0.29, 0.717) is 0 Å². The first kappa shape index (κ1) is 13.8. The molecule has 94 valence electrons. The molecule has 1 saturated heterocycles. The van der Waals surface area contributed by atoms with Crippen LogP contribution < -0.4 is 11.1 Å². The van der Waals surface area contributed by atoms with Gasteiger partial charge in [-0.3, -0.25) is 0 Å².